The van der Waals surface area contributed by atoms with E-state index in [1.807, 2.05) is 36.4 Å². The molecule has 3 nitrogen and oxygen atoms in total. The summed E-state index contributed by atoms with van der Waals surface area (Å²) in [6, 6.07) is 21.7. The summed E-state index contributed by atoms with van der Waals surface area (Å²) in [6.07, 6.45) is 1.09. The minimum atomic E-state index is -0.147. The number of fused-ring (bicyclic) bond motifs is 1. The summed E-state index contributed by atoms with van der Waals surface area (Å²) >= 11 is 9.42. The zero-order valence-corrected chi connectivity index (χ0v) is 16.9. The van der Waals surface area contributed by atoms with E-state index in [2.05, 4.69) is 50.4 Å². The number of hydrogen-bond acceptors (Lipinski definition) is 2. The summed E-state index contributed by atoms with van der Waals surface area (Å²) in [5, 5.41) is 3.44. The Labute approximate surface area is 172 Å². The number of anilines is 2. The van der Waals surface area contributed by atoms with Crippen molar-refractivity contribution in [1.82, 2.24) is 0 Å². The van der Waals surface area contributed by atoms with Crippen molar-refractivity contribution in [2.24, 2.45) is 0 Å². The van der Waals surface area contributed by atoms with Gasteiger partial charge < -0.3 is 10.2 Å². The second-order valence-electron chi connectivity index (χ2n) is 6.58. The molecule has 3 aromatic rings. The molecule has 1 heterocycles. The molecule has 3 aromatic carbocycles. The Morgan fingerprint density at radius 3 is 2.63 bits per heavy atom. The summed E-state index contributed by atoms with van der Waals surface area (Å²) in [4.78, 5) is 14.8. The Morgan fingerprint density at radius 2 is 1.85 bits per heavy atom. The van der Waals surface area contributed by atoms with E-state index in [1.165, 1.54) is 16.8 Å². The van der Waals surface area contributed by atoms with Gasteiger partial charge in [0, 0.05) is 34.5 Å². The third-order valence-corrected chi connectivity index (χ3v) is 5.98. The van der Waals surface area contributed by atoms with Crippen molar-refractivity contribution in [3.63, 3.8) is 0 Å². The predicted molar refractivity (Wildman–Crippen MR) is 115 cm³/mol. The fourth-order valence-corrected chi connectivity index (χ4v) is 3.76. The zero-order valence-electron chi connectivity index (χ0n) is 14.6. The molecule has 0 radical (unpaired) electrons. The third-order valence-electron chi connectivity index (χ3n) is 4.75. The molecular formula is C22H18BrClN2O. The molecule has 0 fully saturated rings. The van der Waals surface area contributed by atoms with Crippen LogP contribution in [-0.4, -0.2) is 12.5 Å². The van der Waals surface area contributed by atoms with E-state index in [0.717, 1.165) is 24.0 Å². The maximum absolute atomic E-state index is 12.5. The molecule has 0 saturated heterocycles. The molecule has 1 aliphatic heterocycles. The van der Waals surface area contributed by atoms with Crippen molar-refractivity contribution in [2.75, 3.05) is 16.8 Å². The number of nitrogens with zero attached hydrogens (tertiary/aromatic N) is 1. The Kier molecular flexibility index (Phi) is 5.19. The van der Waals surface area contributed by atoms with Crippen LogP contribution in [0.15, 0.2) is 71.2 Å². The van der Waals surface area contributed by atoms with Gasteiger partial charge in [0.25, 0.3) is 5.91 Å². The number of nitrogens with one attached hydrogen (secondary N) is 1. The second-order valence-corrected chi connectivity index (χ2v) is 7.84. The molecule has 0 aliphatic carbocycles. The lowest BCUT2D eigenvalue weighted by molar-refractivity contribution is 0.102. The van der Waals surface area contributed by atoms with Crippen molar-refractivity contribution in [1.29, 1.82) is 0 Å². The number of amides is 1. The fourth-order valence-electron chi connectivity index (χ4n) is 3.33. The van der Waals surface area contributed by atoms with Crippen LogP contribution in [0.3, 0.4) is 0 Å². The molecule has 1 amide bonds. The molecule has 0 spiro atoms. The number of para-hydroxylation sites is 1. The van der Waals surface area contributed by atoms with Crippen LogP contribution in [0.5, 0.6) is 0 Å². The lowest BCUT2D eigenvalue weighted by Gasteiger charge is -2.19. The van der Waals surface area contributed by atoms with Gasteiger partial charge in [-0.05, 0) is 69.9 Å². The fraction of sp³-hybridized carbons (Fsp3) is 0.136. The van der Waals surface area contributed by atoms with Gasteiger partial charge in [-0.3, -0.25) is 4.79 Å². The highest BCUT2D eigenvalue weighted by Crippen LogP contribution is 2.29. The topological polar surface area (TPSA) is 32.3 Å². The number of benzene rings is 3. The monoisotopic (exact) mass is 440 g/mol. The highest BCUT2D eigenvalue weighted by Gasteiger charge is 2.18. The summed E-state index contributed by atoms with van der Waals surface area (Å²) in [5.41, 5.74) is 5.20. The zero-order chi connectivity index (χ0) is 18.8. The van der Waals surface area contributed by atoms with E-state index in [4.69, 9.17) is 11.6 Å². The molecule has 4 rings (SSSR count). The summed E-state index contributed by atoms with van der Waals surface area (Å²) in [5.74, 6) is -0.147. The molecule has 0 atom stereocenters. The summed E-state index contributed by atoms with van der Waals surface area (Å²) < 4.78 is 0.801. The van der Waals surface area contributed by atoms with E-state index in [0.29, 0.717) is 16.3 Å². The third kappa shape index (κ3) is 4.02. The Bertz CT molecular complexity index is 988. The van der Waals surface area contributed by atoms with Crippen molar-refractivity contribution in [3.05, 3.63) is 92.9 Å². The van der Waals surface area contributed by atoms with Crippen LogP contribution in [0.4, 0.5) is 11.4 Å². The number of halogens is 2. The minimum absolute atomic E-state index is 0.147. The van der Waals surface area contributed by atoms with Gasteiger partial charge >= 0.3 is 0 Å². The number of carbonyl (C=O) groups excluding carboxylic acids is 1. The predicted octanol–water partition coefficient (Wildman–Crippen LogP) is 5.92. The van der Waals surface area contributed by atoms with Gasteiger partial charge in [0.05, 0.1) is 5.02 Å². The number of hydrogen-bond donors (Lipinski definition) is 1. The van der Waals surface area contributed by atoms with Gasteiger partial charge in [0.1, 0.15) is 0 Å². The SMILES string of the molecule is O=C(Nc1ccc(Br)c(Cl)c1)c1ccc(CN2CCc3ccccc32)cc1. The normalized spacial score (nSPS) is 12.7. The Balaban J connectivity index is 1.43. The van der Waals surface area contributed by atoms with Crippen LogP contribution in [-0.2, 0) is 13.0 Å². The van der Waals surface area contributed by atoms with Crippen molar-refractivity contribution in [3.8, 4) is 0 Å². The van der Waals surface area contributed by atoms with Gasteiger partial charge in [-0.2, -0.15) is 0 Å². The van der Waals surface area contributed by atoms with Crippen molar-refractivity contribution < 1.29 is 4.79 Å². The largest absolute Gasteiger partial charge is 0.367 e. The van der Waals surface area contributed by atoms with Gasteiger partial charge in [0.2, 0.25) is 0 Å². The molecule has 0 bridgehead atoms. The molecule has 1 aliphatic rings. The highest BCUT2D eigenvalue weighted by molar-refractivity contribution is 9.10. The molecule has 0 aromatic heterocycles. The first-order chi connectivity index (χ1) is 13.1. The first kappa shape index (κ1) is 18.1. The van der Waals surface area contributed by atoms with Gasteiger partial charge in [-0.25, -0.2) is 0 Å². The molecule has 0 unspecified atom stereocenters. The molecule has 136 valence electrons. The average Bonchev–Trinajstić information content (AvgIpc) is 3.08. The van der Waals surface area contributed by atoms with E-state index >= 15 is 0 Å². The number of rotatable bonds is 4. The van der Waals surface area contributed by atoms with E-state index < -0.39 is 0 Å². The van der Waals surface area contributed by atoms with Crippen LogP contribution in [0.1, 0.15) is 21.5 Å². The molecular weight excluding hydrogens is 424 g/mol. The summed E-state index contributed by atoms with van der Waals surface area (Å²) in [7, 11) is 0. The molecule has 0 saturated carbocycles. The first-order valence-electron chi connectivity index (χ1n) is 8.78. The standard InChI is InChI=1S/C22H18BrClN2O/c23-19-10-9-18(13-20(19)24)25-22(27)17-7-5-15(6-8-17)14-26-12-11-16-3-1-2-4-21(16)26/h1-10,13H,11-12,14H2,(H,25,27). The lowest BCUT2D eigenvalue weighted by Crippen LogP contribution is -2.19. The van der Waals surface area contributed by atoms with Crippen LogP contribution < -0.4 is 10.2 Å². The molecule has 27 heavy (non-hydrogen) atoms. The first-order valence-corrected chi connectivity index (χ1v) is 9.95. The van der Waals surface area contributed by atoms with Crippen LogP contribution in [0.25, 0.3) is 0 Å². The Hall–Kier alpha value is -2.30. The van der Waals surface area contributed by atoms with Crippen molar-refractivity contribution >= 4 is 44.8 Å². The molecule has 1 N–H and O–H groups in total. The molecule has 5 heteroatoms. The van der Waals surface area contributed by atoms with E-state index in [1.54, 1.807) is 6.07 Å². The maximum Gasteiger partial charge on any atom is 0.255 e. The van der Waals surface area contributed by atoms with E-state index in [-0.39, 0.29) is 5.91 Å². The van der Waals surface area contributed by atoms with Crippen molar-refractivity contribution in [2.45, 2.75) is 13.0 Å². The van der Waals surface area contributed by atoms with Crippen LogP contribution in [0, 0.1) is 0 Å². The average molecular weight is 442 g/mol. The second kappa shape index (κ2) is 7.75. The van der Waals surface area contributed by atoms with Crippen LogP contribution in [0.2, 0.25) is 5.02 Å². The van der Waals surface area contributed by atoms with Crippen LogP contribution >= 0.6 is 27.5 Å². The highest BCUT2D eigenvalue weighted by atomic mass is 79.9. The maximum atomic E-state index is 12.5. The van der Waals surface area contributed by atoms with Gasteiger partial charge in [-0.15, -0.1) is 0 Å². The lowest BCUT2D eigenvalue weighted by atomic mass is 10.1. The summed E-state index contributed by atoms with van der Waals surface area (Å²) in [6.45, 7) is 1.88. The quantitative estimate of drug-likeness (QED) is 0.545. The van der Waals surface area contributed by atoms with Gasteiger partial charge in [-0.1, -0.05) is 41.9 Å². The number of carbonyl (C=O) groups is 1. The van der Waals surface area contributed by atoms with Gasteiger partial charge in [0.15, 0.2) is 0 Å². The minimum Gasteiger partial charge on any atom is -0.367 e. The Morgan fingerprint density at radius 1 is 1.07 bits per heavy atom. The van der Waals surface area contributed by atoms with E-state index in [9.17, 15) is 4.79 Å². The smallest absolute Gasteiger partial charge is 0.255 e.